The largest absolute Gasteiger partial charge is 0.417 e. The van der Waals surface area contributed by atoms with Crippen LogP contribution in [0.2, 0.25) is 5.02 Å². The molecule has 0 fully saturated rings. The Morgan fingerprint density at radius 3 is 2.50 bits per heavy atom. The van der Waals surface area contributed by atoms with Gasteiger partial charge < -0.3 is 5.32 Å². The van der Waals surface area contributed by atoms with Gasteiger partial charge in [-0.15, -0.1) is 0 Å². The van der Waals surface area contributed by atoms with Crippen LogP contribution in [0.4, 0.5) is 24.7 Å². The Morgan fingerprint density at radius 2 is 1.82 bits per heavy atom. The first-order chi connectivity index (χ1) is 10.4. The standard InChI is InChI=1S/C15H9ClF3N3/c16-10-2-3-11-12(5-6-20-13(11)7-10)22-14-4-1-9(8-21-14)15(17,18)19/h1-8H,(H,20,21,22). The first-order valence-corrected chi connectivity index (χ1v) is 6.66. The van der Waals surface area contributed by atoms with Crippen LogP contribution in [0.1, 0.15) is 5.56 Å². The van der Waals surface area contributed by atoms with Gasteiger partial charge in [-0.1, -0.05) is 11.6 Å². The summed E-state index contributed by atoms with van der Waals surface area (Å²) in [5.41, 5.74) is 0.586. The van der Waals surface area contributed by atoms with Gasteiger partial charge in [-0.3, -0.25) is 4.98 Å². The second-order valence-corrected chi connectivity index (χ2v) is 5.01. The summed E-state index contributed by atoms with van der Waals surface area (Å²) in [4.78, 5) is 7.98. The highest BCUT2D eigenvalue weighted by molar-refractivity contribution is 6.31. The quantitative estimate of drug-likeness (QED) is 0.717. The van der Waals surface area contributed by atoms with Crippen LogP contribution in [0.5, 0.6) is 0 Å². The summed E-state index contributed by atoms with van der Waals surface area (Å²) in [6.45, 7) is 0. The summed E-state index contributed by atoms with van der Waals surface area (Å²) in [5, 5.41) is 4.34. The number of nitrogens with one attached hydrogen (secondary N) is 1. The van der Waals surface area contributed by atoms with Crippen molar-refractivity contribution in [1.82, 2.24) is 9.97 Å². The van der Waals surface area contributed by atoms with Gasteiger partial charge in [0.05, 0.1) is 16.8 Å². The number of anilines is 2. The molecule has 7 heteroatoms. The molecule has 22 heavy (non-hydrogen) atoms. The number of fused-ring (bicyclic) bond motifs is 1. The van der Waals surface area contributed by atoms with Crippen molar-refractivity contribution in [2.75, 3.05) is 5.32 Å². The Kier molecular flexibility index (Phi) is 3.62. The number of pyridine rings is 2. The number of rotatable bonds is 2. The maximum absolute atomic E-state index is 12.5. The summed E-state index contributed by atoms with van der Waals surface area (Å²) >= 11 is 5.91. The van der Waals surface area contributed by atoms with E-state index in [9.17, 15) is 13.2 Å². The van der Waals surface area contributed by atoms with E-state index in [1.807, 2.05) is 0 Å². The lowest BCUT2D eigenvalue weighted by Gasteiger charge is -2.10. The smallest absolute Gasteiger partial charge is 0.340 e. The maximum Gasteiger partial charge on any atom is 0.417 e. The van der Waals surface area contributed by atoms with E-state index in [2.05, 4.69) is 15.3 Å². The summed E-state index contributed by atoms with van der Waals surface area (Å²) in [6.07, 6.45) is -2.01. The van der Waals surface area contributed by atoms with Gasteiger partial charge in [0.15, 0.2) is 0 Å². The molecule has 3 aromatic rings. The van der Waals surface area contributed by atoms with Crippen LogP contribution in [-0.4, -0.2) is 9.97 Å². The first kappa shape index (κ1) is 14.6. The minimum atomic E-state index is -4.40. The van der Waals surface area contributed by atoms with Gasteiger partial charge in [0.2, 0.25) is 0 Å². The van der Waals surface area contributed by atoms with Gasteiger partial charge in [-0.2, -0.15) is 13.2 Å². The lowest BCUT2D eigenvalue weighted by atomic mass is 10.2. The van der Waals surface area contributed by atoms with Crippen molar-refractivity contribution in [1.29, 1.82) is 0 Å². The lowest BCUT2D eigenvalue weighted by Crippen LogP contribution is -2.05. The van der Waals surface area contributed by atoms with Gasteiger partial charge in [-0.25, -0.2) is 4.98 Å². The lowest BCUT2D eigenvalue weighted by molar-refractivity contribution is -0.137. The van der Waals surface area contributed by atoms with Crippen LogP contribution in [0.15, 0.2) is 48.8 Å². The van der Waals surface area contributed by atoms with Crippen molar-refractivity contribution >= 4 is 34.0 Å². The Hall–Kier alpha value is -2.34. The molecule has 0 radical (unpaired) electrons. The maximum atomic E-state index is 12.5. The zero-order valence-corrected chi connectivity index (χ0v) is 11.8. The number of alkyl halides is 3. The molecule has 0 saturated carbocycles. The molecule has 1 aromatic carbocycles. The van der Waals surface area contributed by atoms with Gasteiger partial charge in [-0.05, 0) is 36.4 Å². The van der Waals surface area contributed by atoms with E-state index in [-0.39, 0.29) is 0 Å². The number of hydrogen-bond donors (Lipinski definition) is 1. The van der Waals surface area contributed by atoms with E-state index in [1.165, 1.54) is 6.07 Å². The molecule has 0 spiro atoms. The third-order valence-electron chi connectivity index (χ3n) is 3.06. The SMILES string of the molecule is FC(F)(F)c1ccc(Nc2ccnc3cc(Cl)ccc23)nc1. The fraction of sp³-hybridized carbons (Fsp3) is 0.0667. The predicted molar refractivity (Wildman–Crippen MR) is 79.3 cm³/mol. The minimum absolute atomic E-state index is 0.315. The molecular formula is C15H9ClF3N3. The molecule has 112 valence electrons. The molecular weight excluding hydrogens is 315 g/mol. The van der Waals surface area contributed by atoms with Crippen molar-refractivity contribution < 1.29 is 13.2 Å². The molecule has 2 heterocycles. The zero-order valence-electron chi connectivity index (χ0n) is 11.0. The highest BCUT2D eigenvalue weighted by atomic mass is 35.5. The fourth-order valence-electron chi connectivity index (χ4n) is 2.00. The van der Waals surface area contributed by atoms with Crippen molar-refractivity contribution in [2.45, 2.75) is 6.18 Å². The van der Waals surface area contributed by atoms with E-state index in [0.29, 0.717) is 22.0 Å². The summed E-state index contributed by atoms with van der Waals surface area (Å²) < 4.78 is 37.5. The van der Waals surface area contributed by atoms with Crippen molar-refractivity contribution in [3.8, 4) is 0 Å². The number of nitrogens with zero attached hydrogens (tertiary/aromatic N) is 2. The topological polar surface area (TPSA) is 37.8 Å². The molecule has 0 aliphatic heterocycles. The zero-order chi connectivity index (χ0) is 15.7. The highest BCUT2D eigenvalue weighted by Gasteiger charge is 2.30. The van der Waals surface area contributed by atoms with Crippen LogP contribution < -0.4 is 5.32 Å². The average molecular weight is 324 g/mol. The molecule has 2 aromatic heterocycles. The molecule has 0 aliphatic carbocycles. The monoisotopic (exact) mass is 323 g/mol. The van der Waals surface area contributed by atoms with E-state index >= 15 is 0 Å². The number of hydrogen-bond acceptors (Lipinski definition) is 3. The Balaban J connectivity index is 1.93. The second-order valence-electron chi connectivity index (χ2n) is 4.57. The molecule has 0 bridgehead atoms. The highest BCUT2D eigenvalue weighted by Crippen LogP contribution is 2.30. The van der Waals surface area contributed by atoms with Crippen LogP contribution in [-0.2, 0) is 6.18 Å². The van der Waals surface area contributed by atoms with Crippen LogP contribution in [0.3, 0.4) is 0 Å². The fourth-order valence-corrected chi connectivity index (χ4v) is 2.17. The molecule has 0 amide bonds. The summed E-state index contributed by atoms with van der Waals surface area (Å²) in [7, 11) is 0. The third kappa shape index (κ3) is 2.96. The Labute approximate surface area is 128 Å². The van der Waals surface area contributed by atoms with Gasteiger partial charge in [0.1, 0.15) is 5.82 Å². The molecule has 3 rings (SSSR count). The van der Waals surface area contributed by atoms with Gasteiger partial charge >= 0.3 is 6.18 Å². The first-order valence-electron chi connectivity index (χ1n) is 6.28. The van der Waals surface area contributed by atoms with E-state index in [0.717, 1.165) is 17.6 Å². The third-order valence-corrected chi connectivity index (χ3v) is 3.29. The van der Waals surface area contributed by atoms with E-state index in [4.69, 9.17) is 11.6 Å². The predicted octanol–water partition coefficient (Wildman–Crippen LogP) is 5.05. The van der Waals surface area contributed by atoms with Gasteiger partial charge in [0, 0.05) is 22.8 Å². The van der Waals surface area contributed by atoms with Gasteiger partial charge in [0.25, 0.3) is 0 Å². The number of benzene rings is 1. The van der Waals surface area contributed by atoms with E-state index < -0.39 is 11.7 Å². The van der Waals surface area contributed by atoms with Crippen LogP contribution in [0, 0.1) is 0 Å². The molecule has 0 saturated heterocycles. The van der Waals surface area contributed by atoms with Crippen molar-refractivity contribution in [2.24, 2.45) is 0 Å². The summed E-state index contributed by atoms with van der Waals surface area (Å²) in [6, 6.07) is 9.20. The van der Waals surface area contributed by atoms with E-state index in [1.54, 1.807) is 30.5 Å². The second kappa shape index (κ2) is 5.46. The van der Waals surface area contributed by atoms with Crippen LogP contribution >= 0.6 is 11.6 Å². The Bertz CT molecular complexity index is 816. The molecule has 0 atom stereocenters. The van der Waals surface area contributed by atoms with Crippen LogP contribution in [0.25, 0.3) is 10.9 Å². The molecule has 0 unspecified atom stereocenters. The molecule has 0 aliphatic rings. The Morgan fingerprint density at radius 1 is 1.00 bits per heavy atom. The van der Waals surface area contributed by atoms with Crippen molar-refractivity contribution in [3.05, 3.63) is 59.4 Å². The average Bonchev–Trinajstić information content (AvgIpc) is 2.47. The van der Waals surface area contributed by atoms with Crippen molar-refractivity contribution in [3.63, 3.8) is 0 Å². The number of halogens is 4. The normalized spacial score (nSPS) is 11.6. The molecule has 3 nitrogen and oxygen atoms in total. The minimum Gasteiger partial charge on any atom is -0.340 e. The summed E-state index contributed by atoms with van der Waals surface area (Å²) in [5.74, 6) is 0.315. The molecule has 1 N–H and O–H groups in total. The number of aromatic nitrogens is 2.